The van der Waals surface area contributed by atoms with E-state index in [1.165, 1.54) is 14.2 Å². The zero-order chi connectivity index (χ0) is 22.8. The van der Waals surface area contributed by atoms with Gasteiger partial charge in [-0.3, -0.25) is 9.59 Å². The van der Waals surface area contributed by atoms with E-state index in [0.717, 1.165) is 0 Å². The highest BCUT2D eigenvalue weighted by molar-refractivity contribution is 9.10. The Kier molecular flexibility index (Phi) is 6.83. The molecule has 1 atom stereocenters. The van der Waals surface area contributed by atoms with Crippen LogP contribution in [0.5, 0.6) is 11.5 Å². The molecule has 0 heterocycles. The van der Waals surface area contributed by atoms with Crippen molar-refractivity contribution < 1.29 is 23.6 Å². The van der Waals surface area contributed by atoms with E-state index in [2.05, 4.69) is 15.9 Å². The van der Waals surface area contributed by atoms with E-state index < -0.39 is 18.2 Å². The smallest absolute Gasteiger partial charge is 0.249 e. The van der Waals surface area contributed by atoms with Gasteiger partial charge in [0, 0.05) is 10.9 Å². The van der Waals surface area contributed by atoms with Crippen LogP contribution >= 0.6 is 23.1 Å². The highest BCUT2D eigenvalue weighted by atomic mass is 79.9. The molecule has 5 nitrogen and oxygen atoms in total. The van der Waals surface area contributed by atoms with Crippen molar-refractivity contribution in [3.05, 3.63) is 87.4 Å². The molecule has 3 rings (SSSR count). The molecule has 0 fully saturated rings. The molecule has 0 aliphatic heterocycles. The Hall–Kier alpha value is -2.69. The number of hydrogen-bond donors (Lipinski definition) is 0. The van der Waals surface area contributed by atoms with Gasteiger partial charge in [0.15, 0.2) is 0 Å². The summed E-state index contributed by atoms with van der Waals surface area (Å²) in [6, 6.07) is 16.7. The number of halogens is 1. The molecule has 0 amide bonds. The summed E-state index contributed by atoms with van der Waals surface area (Å²) in [7, 11) is -1.51. The summed E-state index contributed by atoms with van der Waals surface area (Å²) in [6.07, 6.45) is 0. The summed E-state index contributed by atoms with van der Waals surface area (Å²) in [4.78, 5) is 27.8. The number of aryl methyl sites for hydroxylation is 2. The van der Waals surface area contributed by atoms with Gasteiger partial charge in [0.05, 0.1) is 18.7 Å². The van der Waals surface area contributed by atoms with E-state index in [1.54, 1.807) is 68.4 Å². The summed E-state index contributed by atoms with van der Waals surface area (Å²) in [6.45, 7) is 3.53. The molecule has 160 valence electrons. The SMILES string of the molecule is COc1ccc(Br)c(OC)c1C(=O)P(=O)(C(=O)c1c(C)cccc1C)c1ccccc1. The van der Waals surface area contributed by atoms with Crippen LogP contribution in [0, 0.1) is 13.8 Å². The molecule has 0 radical (unpaired) electrons. The molecule has 0 spiro atoms. The normalized spacial score (nSPS) is 12.7. The molecule has 3 aromatic rings. The third kappa shape index (κ3) is 3.98. The largest absolute Gasteiger partial charge is 0.496 e. The van der Waals surface area contributed by atoms with Gasteiger partial charge in [-0.1, -0.05) is 48.5 Å². The zero-order valence-corrected chi connectivity index (χ0v) is 20.1. The Morgan fingerprint density at radius 3 is 1.90 bits per heavy atom. The van der Waals surface area contributed by atoms with Crippen LogP contribution < -0.4 is 14.8 Å². The molecule has 0 saturated heterocycles. The van der Waals surface area contributed by atoms with Crippen LogP contribution in [0.3, 0.4) is 0 Å². The van der Waals surface area contributed by atoms with E-state index in [9.17, 15) is 14.2 Å². The summed E-state index contributed by atoms with van der Waals surface area (Å²) in [5.41, 5.74) is 0.0242. The third-order valence-corrected chi connectivity index (χ3v) is 8.34. The van der Waals surface area contributed by atoms with Crippen molar-refractivity contribution in [2.45, 2.75) is 13.8 Å². The minimum atomic E-state index is -4.31. The first-order chi connectivity index (χ1) is 14.8. The number of hydrogen-bond acceptors (Lipinski definition) is 5. The number of carbonyl (C=O) groups is 2. The van der Waals surface area contributed by atoms with E-state index >= 15 is 0 Å². The molecule has 7 heteroatoms. The van der Waals surface area contributed by atoms with Crippen molar-refractivity contribution in [1.29, 1.82) is 0 Å². The monoisotopic (exact) mass is 500 g/mol. The first kappa shape index (κ1) is 23.0. The van der Waals surface area contributed by atoms with Crippen molar-refractivity contribution in [3.63, 3.8) is 0 Å². The Bertz CT molecular complexity index is 1180. The average molecular weight is 501 g/mol. The Morgan fingerprint density at radius 2 is 1.35 bits per heavy atom. The van der Waals surface area contributed by atoms with Gasteiger partial charge in [0.2, 0.25) is 18.2 Å². The minimum Gasteiger partial charge on any atom is -0.496 e. The van der Waals surface area contributed by atoms with Gasteiger partial charge < -0.3 is 14.0 Å². The topological polar surface area (TPSA) is 69.7 Å². The maximum atomic E-state index is 14.5. The van der Waals surface area contributed by atoms with Crippen LogP contribution in [0.15, 0.2) is 65.1 Å². The van der Waals surface area contributed by atoms with Crippen molar-refractivity contribution in [2.75, 3.05) is 14.2 Å². The van der Waals surface area contributed by atoms with E-state index in [1.807, 2.05) is 6.07 Å². The van der Waals surface area contributed by atoms with E-state index in [-0.39, 0.29) is 27.9 Å². The van der Waals surface area contributed by atoms with Gasteiger partial charge in [-0.15, -0.1) is 0 Å². The quantitative estimate of drug-likeness (QED) is 0.386. The Balaban J connectivity index is 2.35. The molecule has 0 aliphatic carbocycles. The second-order valence-corrected chi connectivity index (χ2v) is 10.4. The summed E-state index contributed by atoms with van der Waals surface area (Å²) >= 11 is 3.36. The van der Waals surface area contributed by atoms with Crippen molar-refractivity contribution in [3.8, 4) is 11.5 Å². The fourth-order valence-electron chi connectivity index (χ4n) is 3.54. The predicted octanol–water partition coefficient (Wildman–Crippen LogP) is 5.75. The molecule has 1 unspecified atom stereocenters. The van der Waals surface area contributed by atoms with E-state index in [4.69, 9.17) is 9.47 Å². The molecule has 0 bridgehead atoms. The molecule has 0 saturated carbocycles. The van der Waals surface area contributed by atoms with Crippen LogP contribution in [0.4, 0.5) is 0 Å². The lowest BCUT2D eigenvalue weighted by Gasteiger charge is -2.21. The molecule has 3 aromatic carbocycles. The number of methoxy groups -OCH3 is 2. The molecule has 0 aromatic heterocycles. The van der Waals surface area contributed by atoms with Gasteiger partial charge in [0.1, 0.15) is 17.1 Å². The van der Waals surface area contributed by atoms with Crippen molar-refractivity contribution in [1.82, 2.24) is 0 Å². The predicted molar refractivity (Wildman–Crippen MR) is 126 cm³/mol. The highest BCUT2D eigenvalue weighted by Crippen LogP contribution is 2.55. The molecular weight excluding hydrogens is 479 g/mol. The number of rotatable bonds is 7. The maximum absolute atomic E-state index is 14.5. The number of ether oxygens (including phenoxy) is 2. The molecule has 0 aliphatic rings. The molecule has 31 heavy (non-hydrogen) atoms. The first-order valence-electron chi connectivity index (χ1n) is 9.49. The van der Waals surface area contributed by atoms with Gasteiger partial charge in [-0.2, -0.15) is 0 Å². The second kappa shape index (κ2) is 9.21. The lowest BCUT2D eigenvalue weighted by Crippen LogP contribution is -2.22. The van der Waals surface area contributed by atoms with E-state index in [0.29, 0.717) is 15.6 Å². The fourth-order valence-corrected chi connectivity index (χ4v) is 6.47. The number of carbonyl (C=O) groups excluding carboxylic acids is 2. The Morgan fingerprint density at radius 1 is 0.774 bits per heavy atom. The van der Waals surface area contributed by atoms with Crippen molar-refractivity contribution in [2.24, 2.45) is 0 Å². The van der Waals surface area contributed by atoms with Gasteiger partial charge in [-0.25, -0.2) is 0 Å². The van der Waals surface area contributed by atoms with Gasteiger partial charge >= 0.3 is 0 Å². The maximum Gasteiger partial charge on any atom is 0.249 e. The summed E-state index contributed by atoms with van der Waals surface area (Å²) in [5.74, 6) is 0.338. The van der Waals surface area contributed by atoms with Crippen LogP contribution in [-0.2, 0) is 4.57 Å². The third-order valence-electron chi connectivity index (χ3n) is 5.10. The first-order valence-corrected chi connectivity index (χ1v) is 12.0. The van der Waals surface area contributed by atoms with Crippen LogP contribution in [0.1, 0.15) is 31.8 Å². The lowest BCUT2D eigenvalue weighted by atomic mass is 10.0. The number of benzene rings is 3. The lowest BCUT2D eigenvalue weighted by molar-refractivity contribution is 0.103. The average Bonchev–Trinajstić information content (AvgIpc) is 2.78. The van der Waals surface area contributed by atoms with Gasteiger partial charge in [-0.05, 0) is 53.0 Å². The van der Waals surface area contributed by atoms with Crippen LogP contribution in [0.25, 0.3) is 0 Å². The molecule has 0 N–H and O–H groups in total. The minimum absolute atomic E-state index is 0.0360. The fraction of sp³-hybridized carbons (Fsp3) is 0.167. The zero-order valence-electron chi connectivity index (χ0n) is 17.6. The summed E-state index contributed by atoms with van der Waals surface area (Å²) < 4.78 is 25.8. The standard InChI is InChI=1S/C24H22BrO5P/c1-15-9-8-10-16(2)20(15)23(26)31(28,17-11-6-5-7-12-17)24(27)21-19(29-3)14-13-18(25)22(21)30-4/h5-14H,1-4H3. The highest BCUT2D eigenvalue weighted by Gasteiger charge is 2.46. The summed E-state index contributed by atoms with van der Waals surface area (Å²) in [5, 5.41) is 0.164. The van der Waals surface area contributed by atoms with Crippen LogP contribution in [0.2, 0.25) is 0 Å². The Labute approximate surface area is 189 Å². The van der Waals surface area contributed by atoms with Gasteiger partial charge in [0.25, 0.3) is 0 Å². The van der Waals surface area contributed by atoms with Crippen molar-refractivity contribution >= 4 is 39.4 Å². The molecular formula is C24H22BrO5P. The van der Waals surface area contributed by atoms with Crippen LogP contribution in [-0.4, -0.2) is 25.3 Å². The second-order valence-electron chi connectivity index (χ2n) is 6.98.